The Bertz CT molecular complexity index is 987. The summed E-state index contributed by atoms with van der Waals surface area (Å²) in [5.74, 6) is -0.104. The normalized spacial score (nSPS) is 16.7. The molecule has 0 bridgehead atoms. The van der Waals surface area contributed by atoms with Crippen molar-refractivity contribution >= 4 is 23.3 Å². The van der Waals surface area contributed by atoms with E-state index in [0.29, 0.717) is 29.1 Å². The van der Waals surface area contributed by atoms with Crippen molar-refractivity contribution in [3.05, 3.63) is 59.7 Å². The lowest BCUT2D eigenvalue weighted by Gasteiger charge is -2.37. The first-order chi connectivity index (χ1) is 15.1. The number of ketones is 1. The van der Waals surface area contributed by atoms with E-state index >= 15 is 0 Å². The van der Waals surface area contributed by atoms with Crippen molar-refractivity contribution < 1.29 is 19.1 Å². The van der Waals surface area contributed by atoms with Crippen LogP contribution in [-0.2, 0) is 4.79 Å². The van der Waals surface area contributed by atoms with Gasteiger partial charge in [-0.05, 0) is 24.3 Å². The topological polar surface area (TPSA) is 82.2 Å². The van der Waals surface area contributed by atoms with E-state index < -0.39 is 0 Å². The van der Waals surface area contributed by atoms with Gasteiger partial charge in [-0.25, -0.2) is 0 Å². The van der Waals surface area contributed by atoms with Gasteiger partial charge < -0.3 is 15.0 Å². The Balaban J connectivity index is 1.57. The first kappa shape index (κ1) is 21.0. The largest absolute Gasteiger partial charge is 0.496 e. The lowest BCUT2D eigenvalue weighted by molar-refractivity contribution is -0.121. The molecule has 162 valence electrons. The number of para-hydroxylation sites is 2. The first-order valence-electron chi connectivity index (χ1n) is 10.4. The summed E-state index contributed by atoms with van der Waals surface area (Å²) in [7, 11) is 1.51. The van der Waals surface area contributed by atoms with Crippen LogP contribution in [0.1, 0.15) is 20.7 Å². The minimum atomic E-state index is -0.281. The molecule has 1 N–H and O–H groups in total. The molecular formula is C23H26N4O4. The number of piperazine rings is 1. The second-order valence-electron chi connectivity index (χ2n) is 7.66. The molecule has 8 heteroatoms. The molecule has 0 aromatic heterocycles. The van der Waals surface area contributed by atoms with Gasteiger partial charge in [-0.1, -0.05) is 24.3 Å². The van der Waals surface area contributed by atoms with Crippen LogP contribution in [0.25, 0.3) is 0 Å². The summed E-state index contributed by atoms with van der Waals surface area (Å²) in [6.07, 6.45) is 0. The maximum absolute atomic E-state index is 13.4. The van der Waals surface area contributed by atoms with Gasteiger partial charge in [0, 0.05) is 26.2 Å². The van der Waals surface area contributed by atoms with Crippen molar-refractivity contribution in [1.29, 1.82) is 0 Å². The number of methoxy groups -OCH3 is 1. The number of hydrogen-bond donors (Lipinski definition) is 1. The van der Waals surface area contributed by atoms with Gasteiger partial charge in [0.1, 0.15) is 12.4 Å². The fourth-order valence-corrected chi connectivity index (χ4v) is 4.02. The maximum Gasteiger partial charge on any atom is 0.263 e. The summed E-state index contributed by atoms with van der Waals surface area (Å²) in [4.78, 5) is 44.2. The van der Waals surface area contributed by atoms with Crippen molar-refractivity contribution in [3.8, 4) is 5.75 Å². The molecule has 2 aliphatic heterocycles. The van der Waals surface area contributed by atoms with Gasteiger partial charge >= 0.3 is 0 Å². The summed E-state index contributed by atoms with van der Waals surface area (Å²) in [6.45, 7) is 3.59. The molecule has 0 saturated carbocycles. The van der Waals surface area contributed by atoms with Crippen molar-refractivity contribution in [1.82, 2.24) is 15.1 Å². The van der Waals surface area contributed by atoms with E-state index in [1.807, 2.05) is 0 Å². The number of ether oxygens (including phenoxy) is 1. The fourth-order valence-electron chi connectivity index (χ4n) is 4.02. The second-order valence-corrected chi connectivity index (χ2v) is 7.66. The molecule has 1 saturated heterocycles. The molecule has 0 spiro atoms. The highest BCUT2D eigenvalue weighted by molar-refractivity contribution is 6.14. The number of amides is 2. The molecule has 2 aromatic carbocycles. The summed E-state index contributed by atoms with van der Waals surface area (Å²) in [6, 6.07) is 14.0. The Morgan fingerprint density at radius 1 is 1.00 bits per heavy atom. The van der Waals surface area contributed by atoms with Crippen molar-refractivity contribution in [3.63, 3.8) is 0 Å². The van der Waals surface area contributed by atoms with Crippen LogP contribution >= 0.6 is 0 Å². The molecule has 0 radical (unpaired) electrons. The predicted octanol–water partition coefficient (Wildman–Crippen LogP) is 1.23. The Hall–Kier alpha value is -3.23. The molecule has 2 aromatic rings. The van der Waals surface area contributed by atoms with E-state index in [0.717, 1.165) is 26.2 Å². The quantitative estimate of drug-likeness (QED) is 0.754. The van der Waals surface area contributed by atoms with Crippen LogP contribution in [0.2, 0.25) is 0 Å². The van der Waals surface area contributed by atoms with Gasteiger partial charge in [-0.2, -0.15) is 0 Å². The summed E-state index contributed by atoms with van der Waals surface area (Å²) in [5, 5.41) is 3.26. The number of nitrogens with one attached hydrogen (secondary N) is 1. The molecule has 0 unspecified atom stereocenters. The molecule has 2 amide bonds. The Morgan fingerprint density at radius 2 is 1.71 bits per heavy atom. The highest BCUT2D eigenvalue weighted by atomic mass is 16.5. The van der Waals surface area contributed by atoms with Crippen LogP contribution in [-0.4, -0.2) is 80.4 Å². The zero-order valence-corrected chi connectivity index (χ0v) is 17.5. The van der Waals surface area contributed by atoms with Gasteiger partial charge in [-0.3, -0.25) is 24.2 Å². The molecular weight excluding hydrogens is 396 g/mol. The monoisotopic (exact) mass is 422 g/mol. The van der Waals surface area contributed by atoms with Crippen LogP contribution < -0.4 is 15.0 Å². The number of benzene rings is 2. The van der Waals surface area contributed by atoms with Crippen LogP contribution in [0.5, 0.6) is 5.75 Å². The number of carbonyl (C=O) groups excluding carboxylic acids is 3. The van der Waals surface area contributed by atoms with Gasteiger partial charge in [-0.15, -0.1) is 0 Å². The van der Waals surface area contributed by atoms with Gasteiger partial charge in [0.05, 0.1) is 37.0 Å². The van der Waals surface area contributed by atoms with Gasteiger partial charge in [0.15, 0.2) is 5.78 Å². The van der Waals surface area contributed by atoms with Crippen molar-refractivity contribution in [2.45, 2.75) is 0 Å². The first-order valence-corrected chi connectivity index (χ1v) is 10.4. The smallest absolute Gasteiger partial charge is 0.263 e. The Morgan fingerprint density at radius 3 is 2.48 bits per heavy atom. The van der Waals surface area contributed by atoms with Crippen LogP contribution in [0.3, 0.4) is 0 Å². The average molecular weight is 422 g/mol. The number of nitrogens with zero attached hydrogens (tertiary/aromatic N) is 3. The van der Waals surface area contributed by atoms with Gasteiger partial charge in [0.25, 0.3) is 11.8 Å². The third-order valence-corrected chi connectivity index (χ3v) is 5.58. The van der Waals surface area contributed by atoms with E-state index in [1.54, 1.807) is 48.5 Å². The highest BCUT2D eigenvalue weighted by Gasteiger charge is 2.34. The molecule has 0 atom stereocenters. The number of Topliss-reactive ketones (excluding diaryl/α,β-unsaturated/α-hetero) is 1. The van der Waals surface area contributed by atoms with E-state index in [1.165, 1.54) is 16.9 Å². The Labute approximate surface area is 181 Å². The van der Waals surface area contributed by atoms with E-state index in [9.17, 15) is 14.4 Å². The van der Waals surface area contributed by atoms with E-state index in [2.05, 4.69) is 10.2 Å². The number of anilines is 1. The summed E-state index contributed by atoms with van der Waals surface area (Å²) in [5.41, 5.74) is 1.35. The molecule has 4 rings (SSSR count). The zero-order valence-electron chi connectivity index (χ0n) is 17.5. The molecule has 8 nitrogen and oxygen atoms in total. The highest BCUT2D eigenvalue weighted by Crippen LogP contribution is 2.30. The fraction of sp³-hybridized carbons (Fsp3) is 0.348. The molecule has 2 heterocycles. The van der Waals surface area contributed by atoms with Crippen LogP contribution in [0.15, 0.2) is 48.5 Å². The number of carbonyl (C=O) groups is 3. The van der Waals surface area contributed by atoms with Crippen LogP contribution in [0, 0.1) is 0 Å². The molecule has 0 aliphatic carbocycles. The summed E-state index contributed by atoms with van der Waals surface area (Å²) >= 11 is 0. The minimum Gasteiger partial charge on any atom is -0.496 e. The lowest BCUT2D eigenvalue weighted by Crippen LogP contribution is -2.52. The van der Waals surface area contributed by atoms with Crippen molar-refractivity contribution in [2.24, 2.45) is 0 Å². The molecule has 31 heavy (non-hydrogen) atoms. The lowest BCUT2D eigenvalue weighted by atomic mass is 10.1. The zero-order chi connectivity index (χ0) is 21.8. The molecule has 2 aliphatic rings. The maximum atomic E-state index is 13.4. The van der Waals surface area contributed by atoms with E-state index in [-0.39, 0.29) is 30.8 Å². The third-order valence-electron chi connectivity index (χ3n) is 5.58. The van der Waals surface area contributed by atoms with E-state index in [4.69, 9.17) is 4.74 Å². The standard InChI is InChI=1S/C23H26N4O4/c1-31-21-9-5-3-7-19(21)23(30)27-16-26(22(29)18-6-2-4-8-20(18)27)15-17(28)14-25-12-10-24-11-13-25/h2-9,24H,10-16H2,1H3. The average Bonchev–Trinajstić information content (AvgIpc) is 2.81. The molecule has 1 fully saturated rings. The number of hydrogen-bond acceptors (Lipinski definition) is 6. The van der Waals surface area contributed by atoms with Crippen LogP contribution in [0.4, 0.5) is 5.69 Å². The summed E-state index contributed by atoms with van der Waals surface area (Å²) < 4.78 is 5.35. The van der Waals surface area contributed by atoms with Crippen molar-refractivity contribution in [2.75, 3.05) is 57.9 Å². The third kappa shape index (κ3) is 4.45. The number of rotatable bonds is 6. The minimum absolute atomic E-state index is 0.0139. The Kier molecular flexibility index (Phi) is 6.29. The van der Waals surface area contributed by atoms with Gasteiger partial charge in [0.2, 0.25) is 0 Å². The predicted molar refractivity (Wildman–Crippen MR) is 116 cm³/mol. The number of fused-ring (bicyclic) bond motifs is 1. The SMILES string of the molecule is COc1ccccc1C(=O)N1CN(CC(=O)CN2CCNCC2)C(=O)c2ccccc21. The second kappa shape index (κ2) is 9.28.